The SMILES string of the molecule is CC(N)C(=O)NC(CCC(=O)NC(CCCCNC(=O)CNC(=O)CNC(=O)CN)C(=O)NC(C)C(=O)NC(C)C(=O)O)C(N)=O. The number of carbonyl (C=O) groups is 9. The van der Waals surface area contributed by atoms with Gasteiger partial charge in [0, 0.05) is 13.0 Å². The first-order chi connectivity index (χ1) is 21.5. The maximum atomic E-state index is 13.0. The second-order valence-corrected chi connectivity index (χ2v) is 10.3. The third kappa shape index (κ3) is 18.1. The topological polar surface area (TPSA) is 336 Å². The zero-order chi connectivity index (χ0) is 35.4. The van der Waals surface area contributed by atoms with Crippen LogP contribution in [0.4, 0.5) is 0 Å². The summed E-state index contributed by atoms with van der Waals surface area (Å²) in [4.78, 5) is 107. The standard InChI is InChI=1S/C26H46N10O10/c1-13(28)23(42)36-16(22(29)41)7-8-18(37)35-17(25(44)33-14(2)24(43)34-15(3)26(45)46)6-4-5-9-30-20(39)11-32-21(40)12-31-19(38)10-27/h13-17H,4-12,27-28H2,1-3H3,(H2,29,41)(H,30,39)(H,31,38)(H,32,40)(H,33,44)(H,34,43)(H,35,37)(H,36,42)(H,45,46). The summed E-state index contributed by atoms with van der Waals surface area (Å²) in [5.74, 6) is -6.70. The Morgan fingerprint density at radius 3 is 1.74 bits per heavy atom. The van der Waals surface area contributed by atoms with Gasteiger partial charge in [-0.3, -0.25) is 43.2 Å². The molecular weight excluding hydrogens is 612 g/mol. The fourth-order valence-electron chi connectivity index (χ4n) is 3.44. The molecule has 14 N–H and O–H groups in total. The summed E-state index contributed by atoms with van der Waals surface area (Å²) in [5.41, 5.74) is 15.9. The third-order valence-electron chi connectivity index (χ3n) is 6.19. The average Bonchev–Trinajstić information content (AvgIpc) is 2.99. The normalized spacial score (nSPS) is 13.8. The van der Waals surface area contributed by atoms with Crippen molar-refractivity contribution in [1.82, 2.24) is 37.2 Å². The van der Waals surface area contributed by atoms with Crippen LogP contribution in [0, 0.1) is 0 Å². The molecular formula is C26H46N10O10. The highest BCUT2D eigenvalue weighted by atomic mass is 16.4. The summed E-state index contributed by atoms with van der Waals surface area (Å²) in [6.45, 7) is 3.11. The number of amides is 8. The lowest BCUT2D eigenvalue weighted by Gasteiger charge is -2.22. The Kier molecular flexibility index (Phi) is 19.5. The summed E-state index contributed by atoms with van der Waals surface area (Å²) in [6.07, 6.45) is 0.167. The van der Waals surface area contributed by atoms with Gasteiger partial charge in [0.1, 0.15) is 24.2 Å². The van der Waals surface area contributed by atoms with Crippen molar-refractivity contribution in [3.05, 3.63) is 0 Å². The van der Waals surface area contributed by atoms with Gasteiger partial charge in [0.25, 0.3) is 0 Å². The Hall–Kier alpha value is -4.85. The molecule has 5 unspecified atom stereocenters. The number of rotatable bonds is 22. The molecule has 0 aromatic heterocycles. The minimum absolute atomic E-state index is 0.0472. The Morgan fingerprint density at radius 1 is 0.630 bits per heavy atom. The van der Waals surface area contributed by atoms with E-state index < -0.39 is 83.4 Å². The molecule has 0 fully saturated rings. The van der Waals surface area contributed by atoms with Crippen LogP contribution in [0.15, 0.2) is 0 Å². The van der Waals surface area contributed by atoms with E-state index in [0.29, 0.717) is 12.8 Å². The molecule has 0 rings (SSSR count). The highest BCUT2D eigenvalue weighted by Crippen LogP contribution is 2.05. The van der Waals surface area contributed by atoms with Gasteiger partial charge in [-0.15, -0.1) is 0 Å². The largest absolute Gasteiger partial charge is 0.480 e. The zero-order valence-corrected chi connectivity index (χ0v) is 26.1. The molecule has 0 saturated heterocycles. The van der Waals surface area contributed by atoms with Crippen molar-refractivity contribution in [3.63, 3.8) is 0 Å². The van der Waals surface area contributed by atoms with Gasteiger partial charge in [-0.05, 0) is 46.5 Å². The smallest absolute Gasteiger partial charge is 0.325 e. The van der Waals surface area contributed by atoms with E-state index in [4.69, 9.17) is 22.3 Å². The molecule has 260 valence electrons. The molecule has 0 spiro atoms. The van der Waals surface area contributed by atoms with Crippen LogP contribution in [0.5, 0.6) is 0 Å². The molecule has 46 heavy (non-hydrogen) atoms. The van der Waals surface area contributed by atoms with Crippen LogP contribution in [0.1, 0.15) is 52.9 Å². The van der Waals surface area contributed by atoms with E-state index in [-0.39, 0.29) is 45.4 Å². The predicted octanol–water partition coefficient (Wildman–Crippen LogP) is -5.86. The third-order valence-corrected chi connectivity index (χ3v) is 6.19. The van der Waals surface area contributed by atoms with Gasteiger partial charge in [0.05, 0.1) is 25.7 Å². The number of unbranched alkanes of at least 4 members (excludes halogenated alkanes) is 1. The Bertz CT molecular complexity index is 1120. The highest BCUT2D eigenvalue weighted by Gasteiger charge is 2.27. The van der Waals surface area contributed by atoms with Gasteiger partial charge < -0.3 is 59.5 Å². The monoisotopic (exact) mass is 658 g/mol. The summed E-state index contributed by atoms with van der Waals surface area (Å²) in [7, 11) is 0. The minimum Gasteiger partial charge on any atom is -0.480 e. The summed E-state index contributed by atoms with van der Waals surface area (Å²) in [6, 6.07) is -5.69. The molecule has 0 heterocycles. The number of nitrogens with two attached hydrogens (primary N) is 3. The van der Waals surface area contributed by atoms with Gasteiger partial charge in [0.2, 0.25) is 47.3 Å². The molecule has 0 aromatic rings. The molecule has 0 radical (unpaired) electrons. The molecule has 0 saturated carbocycles. The molecule has 0 aliphatic rings. The van der Waals surface area contributed by atoms with Crippen LogP contribution in [0.3, 0.4) is 0 Å². The first kappa shape index (κ1) is 41.1. The van der Waals surface area contributed by atoms with E-state index in [9.17, 15) is 43.2 Å². The van der Waals surface area contributed by atoms with Crippen LogP contribution in [-0.2, 0) is 43.2 Å². The van der Waals surface area contributed by atoms with E-state index >= 15 is 0 Å². The maximum Gasteiger partial charge on any atom is 0.325 e. The Labute approximate surface area is 265 Å². The van der Waals surface area contributed by atoms with Crippen LogP contribution in [0.2, 0.25) is 0 Å². The number of nitrogens with one attached hydrogen (secondary N) is 7. The van der Waals surface area contributed by atoms with E-state index in [0.717, 1.165) is 0 Å². The average molecular weight is 659 g/mol. The number of primary amides is 1. The van der Waals surface area contributed by atoms with Crippen LogP contribution in [0.25, 0.3) is 0 Å². The van der Waals surface area contributed by atoms with Crippen molar-refractivity contribution in [2.45, 2.75) is 83.1 Å². The molecule has 8 amide bonds. The Balaban J connectivity index is 5.13. The molecule has 20 nitrogen and oxygen atoms in total. The number of hydrogen-bond acceptors (Lipinski definition) is 11. The van der Waals surface area contributed by atoms with Gasteiger partial charge >= 0.3 is 5.97 Å². The lowest BCUT2D eigenvalue weighted by molar-refractivity contribution is -0.141. The number of aliphatic carboxylic acids is 1. The van der Waals surface area contributed by atoms with Crippen molar-refractivity contribution >= 4 is 53.2 Å². The number of carboxylic acids is 1. The number of carbonyl (C=O) groups excluding carboxylic acids is 8. The quantitative estimate of drug-likeness (QED) is 0.0485. The van der Waals surface area contributed by atoms with E-state index in [1.165, 1.54) is 20.8 Å². The van der Waals surface area contributed by atoms with Gasteiger partial charge in [-0.25, -0.2) is 0 Å². The van der Waals surface area contributed by atoms with Crippen molar-refractivity contribution in [1.29, 1.82) is 0 Å². The first-order valence-corrected chi connectivity index (χ1v) is 14.5. The van der Waals surface area contributed by atoms with Crippen LogP contribution >= 0.6 is 0 Å². The van der Waals surface area contributed by atoms with Crippen molar-refractivity contribution in [3.8, 4) is 0 Å². The first-order valence-electron chi connectivity index (χ1n) is 14.5. The molecule has 20 heteroatoms. The van der Waals surface area contributed by atoms with Gasteiger partial charge in [-0.2, -0.15) is 0 Å². The minimum atomic E-state index is -1.28. The maximum absolute atomic E-state index is 13.0. The highest BCUT2D eigenvalue weighted by molar-refractivity contribution is 5.93. The molecule has 0 aromatic carbocycles. The lowest BCUT2D eigenvalue weighted by Crippen LogP contribution is -2.54. The fourth-order valence-corrected chi connectivity index (χ4v) is 3.44. The summed E-state index contributed by atoms with van der Waals surface area (Å²) >= 11 is 0. The van der Waals surface area contributed by atoms with E-state index in [1.807, 2.05) is 0 Å². The predicted molar refractivity (Wildman–Crippen MR) is 161 cm³/mol. The summed E-state index contributed by atoms with van der Waals surface area (Å²) < 4.78 is 0. The lowest BCUT2D eigenvalue weighted by atomic mass is 10.1. The van der Waals surface area contributed by atoms with Gasteiger partial charge in [0.15, 0.2) is 0 Å². The van der Waals surface area contributed by atoms with Crippen LogP contribution < -0.4 is 54.4 Å². The second kappa shape index (κ2) is 21.8. The van der Waals surface area contributed by atoms with E-state index in [2.05, 4.69) is 37.2 Å². The van der Waals surface area contributed by atoms with Crippen molar-refractivity contribution < 1.29 is 48.3 Å². The molecule has 5 atom stereocenters. The summed E-state index contributed by atoms with van der Waals surface area (Å²) in [5, 5.41) is 25.6. The second-order valence-electron chi connectivity index (χ2n) is 10.3. The van der Waals surface area contributed by atoms with Crippen LogP contribution in [-0.4, -0.2) is 115 Å². The molecule has 0 bridgehead atoms. The number of carboxylic acid groups (broad SMARTS) is 1. The van der Waals surface area contributed by atoms with Gasteiger partial charge in [-0.1, -0.05) is 0 Å². The number of hydrogen-bond donors (Lipinski definition) is 11. The molecule has 0 aliphatic carbocycles. The zero-order valence-electron chi connectivity index (χ0n) is 26.1. The Morgan fingerprint density at radius 2 is 1.20 bits per heavy atom. The van der Waals surface area contributed by atoms with E-state index in [1.54, 1.807) is 0 Å². The van der Waals surface area contributed by atoms with Crippen molar-refractivity contribution in [2.24, 2.45) is 17.2 Å². The fraction of sp³-hybridized carbons (Fsp3) is 0.654. The van der Waals surface area contributed by atoms with Crippen molar-refractivity contribution in [2.75, 3.05) is 26.2 Å². The molecule has 0 aliphatic heterocycles.